The highest BCUT2D eigenvalue weighted by Crippen LogP contribution is 2.19. The van der Waals surface area contributed by atoms with Crippen LogP contribution in [0.15, 0.2) is 24.3 Å². The van der Waals surface area contributed by atoms with E-state index in [1.54, 1.807) is 0 Å². The quantitative estimate of drug-likeness (QED) is 0.864. The van der Waals surface area contributed by atoms with Crippen molar-refractivity contribution >= 4 is 0 Å². The van der Waals surface area contributed by atoms with Gasteiger partial charge in [0.05, 0.1) is 6.10 Å². The van der Waals surface area contributed by atoms with Crippen LogP contribution in [0.3, 0.4) is 0 Å². The molecule has 1 fully saturated rings. The average Bonchev–Trinajstić information content (AvgIpc) is 2.45. The van der Waals surface area contributed by atoms with Crippen molar-refractivity contribution < 1.29 is 9.47 Å². The summed E-state index contributed by atoms with van der Waals surface area (Å²) in [5, 5.41) is 3.64. The van der Waals surface area contributed by atoms with Gasteiger partial charge in [-0.25, -0.2) is 0 Å². The smallest absolute Gasteiger partial charge is 0.120 e. The van der Waals surface area contributed by atoms with Crippen LogP contribution in [0.2, 0.25) is 0 Å². The molecule has 2 rings (SSSR count). The Morgan fingerprint density at radius 1 is 1.25 bits per heavy atom. The zero-order valence-electron chi connectivity index (χ0n) is 12.9. The maximum atomic E-state index is 5.73. The zero-order valence-corrected chi connectivity index (χ0v) is 12.9. The molecule has 0 radical (unpaired) electrons. The Morgan fingerprint density at radius 2 is 2.00 bits per heavy atom. The summed E-state index contributed by atoms with van der Waals surface area (Å²) in [5.74, 6) is 1.69. The van der Waals surface area contributed by atoms with Gasteiger partial charge in [0.25, 0.3) is 0 Å². The molecule has 3 nitrogen and oxygen atoms in total. The zero-order chi connectivity index (χ0) is 14.4. The molecule has 1 aromatic carbocycles. The van der Waals surface area contributed by atoms with E-state index in [2.05, 4.69) is 44.3 Å². The van der Waals surface area contributed by atoms with Gasteiger partial charge >= 0.3 is 0 Å². The second-order valence-electron chi connectivity index (χ2n) is 5.93. The third kappa shape index (κ3) is 4.80. The van der Waals surface area contributed by atoms with Crippen LogP contribution in [0.1, 0.15) is 39.2 Å². The molecule has 0 amide bonds. The van der Waals surface area contributed by atoms with Crippen LogP contribution in [0.25, 0.3) is 0 Å². The van der Waals surface area contributed by atoms with Crippen LogP contribution in [-0.4, -0.2) is 25.4 Å². The van der Waals surface area contributed by atoms with Gasteiger partial charge in [-0.2, -0.15) is 0 Å². The van der Waals surface area contributed by atoms with Gasteiger partial charge in [0.2, 0.25) is 0 Å². The van der Waals surface area contributed by atoms with E-state index in [9.17, 15) is 0 Å². The van der Waals surface area contributed by atoms with Gasteiger partial charge in [-0.05, 0) is 57.2 Å². The standard InChI is InChI=1S/C17H27NO2/c1-13(2)20-17-6-4-5-15(11-17)12-18-14(3)16-7-9-19-10-8-16/h4-6,11,13-14,16,18H,7-10,12H2,1-3H3. The van der Waals surface area contributed by atoms with E-state index < -0.39 is 0 Å². The lowest BCUT2D eigenvalue weighted by Gasteiger charge is -2.28. The topological polar surface area (TPSA) is 30.5 Å². The summed E-state index contributed by atoms with van der Waals surface area (Å²) in [5.41, 5.74) is 1.28. The first-order valence-corrected chi connectivity index (χ1v) is 7.72. The normalized spacial score (nSPS) is 18.2. The van der Waals surface area contributed by atoms with Crippen molar-refractivity contribution in [2.45, 2.75) is 52.3 Å². The summed E-state index contributed by atoms with van der Waals surface area (Å²) >= 11 is 0. The molecule has 0 aliphatic carbocycles. The van der Waals surface area contributed by atoms with Crippen LogP contribution in [0.5, 0.6) is 5.75 Å². The summed E-state index contributed by atoms with van der Waals surface area (Å²) in [7, 11) is 0. The Labute approximate surface area is 122 Å². The summed E-state index contributed by atoms with van der Waals surface area (Å²) in [6.07, 6.45) is 2.56. The summed E-state index contributed by atoms with van der Waals surface area (Å²) in [6.45, 7) is 9.11. The molecule has 1 unspecified atom stereocenters. The fourth-order valence-corrected chi connectivity index (χ4v) is 2.66. The first-order valence-electron chi connectivity index (χ1n) is 7.72. The van der Waals surface area contributed by atoms with Crippen LogP contribution >= 0.6 is 0 Å². The lowest BCUT2D eigenvalue weighted by atomic mass is 9.93. The Balaban J connectivity index is 1.83. The Kier molecular flexibility index (Phi) is 5.86. The third-order valence-corrected chi connectivity index (χ3v) is 3.87. The number of hydrogen-bond acceptors (Lipinski definition) is 3. The Hall–Kier alpha value is -1.06. The molecule has 112 valence electrons. The van der Waals surface area contributed by atoms with E-state index in [-0.39, 0.29) is 6.10 Å². The van der Waals surface area contributed by atoms with Crippen molar-refractivity contribution in [2.75, 3.05) is 13.2 Å². The molecule has 1 heterocycles. The van der Waals surface area contributed by atoms with E-state index in [1.165, 1.54) is 18.4 Å². The van der Waals surface area contributed by atoms with Crippen LogP contribution < -0.4 is 10.1 Å². The van der Waals surface area contributed by atoms with Crippen molar-refractivity contribution in [3.63, 3.8) is 0 Å². The monoisotopic (exact) mass is 277 g/mol. The average molecular weight is 277 g/mol. The van der Waals surface area contributed by atoms with Crippen molar-refractivity contribution in [1.29, 1.82) is 0 Å². The molecule has 1 aliphatic rings. The highest BCUT2D eigenvalue weighted by molar-refractivity contribution is 5.28. The van der Waals surface area contributed by atoms with Gasteiger partial charge in [-0.15, -0.1) is 0 Å². The van der Waals surface area contributed by atoms with Crippen LogP contribution in [-0.2, 0) is 11.3 Å². The van der Waals surface area contributed by atoms with Gasteiger partial charge in [0.1, 0.15) is 5.75 Å². The summed E-state index contributed by atoms with van der Waals surface area (Å²) in [6, 6.07) is 8.90. The van der Waals surface area contributed by atoms with Gasteiger partial charge in [-0.3, -0.25) is 0 Å². The Bertz CT molecular complexity index is 400. The van der Waals surface area contributed by atoms with Gasteiger partial charge in [0, 0.05) is 25.8 Å². The van der Waals surface area contributed by atoms with E-state index in [1.807, 2.05) is 6.07 Å². The molecular weight excluding hydrogens is 250 g/mol. The van der Waals surface area contributed by atoms with E-state index in [4.69, 9.17) is 9.47 Å². The predicted molar refractivity (Wildman–Crippen MR) is 82.1 cm³/mol. The lowest BCUT2D eigenvalue weighted by molar-refractivity contribution is 0.0558. The SMILES string of the molecule is CC(C)Oc1cccc(CNC(C)C2CCOCC2)c1. The molecule has 1 saturated heterocycles. The second-order valence-corrected chi connectivity index (χ2v) is 5.93. The molecular formula is C17H27NO2. The van der Waals surface area contributed by atoms with E-state index in [0.29, 0.717) is 6.04 Å². The molecule has 1 atom stereocenters. The fraction of sp³-hybridized carbons (Fsp3) is 0.647. The van der Waals surface area contributed by atoms with E-state index in [0.717, 1.165) is 31.4 Å². The highest BCUT2D eigenvalue weighted by atomic mass is 16.5. The molecule has 0 saturated carbocycles. The third-order valence-electron chi connectivity index (χ3n) is 3.87. The minimum Gasteiger partial charge on any atom is -0.491 e. The van der Waals surface area contributed by atoms with Gasteiger partial charge < -0.3 is 14.8 Å². The number of hydrogen-bond donors (Lipinski definition) is 1. The molecule has 3 heteroatoms. The van der Waals surface area contributed by atoms with Crippen LogP contribution in [0, 0.1) is 5.92 Å². The fourth-order valence-electron chi connectivity index (χ4n) is 2.66. The van der Waals surface area contributed by atoms with Gasteiger partial charge in [0.15, 0.2) is 0 Å². The minimum absolute atomic E-state index is 0.222. The summed E-state index contributed by atoms with van der Waals surface area (Å²) < 4.78 is 11.2. The number of ether oxygens (including phenoxy) is 2. The maximum Gasteiger partial charge on any atom is 0.120 e. The minimum atomic E-state index is 0.222. The largest absolute Gasteiger partial charge is 0.491 e. The molecule has 0 bridgehead atoms. The first kappa shape index (κ1) is 15.3. The molecule has 0 spiro atoms. The molecule has 0 aromatic heterocycles. The molecule has 1 aromatic rings. The number of nitrogens with one attached hydrogen (secondary N) is 1. The first-order chi connectivity index (χ1) is 9.65. The molecule has 1 N–H and O–H groups in total. The predicted octanol–water partition coefficient (Wildman–Crippen LogP) is 3.38. The number of benzene rings is 1. The van der Waals surface area contributed by atoms with Crippen molar-refractivity contribution in [2.24, 2.45) is 5.92 Å². The lowest BCUT2D eigenvalue weighted by Crippen LogP contribution is -2.36. The van der Waals surface area contributed by atoms with E-state index >= 15 is 0 Å². The summed E-state index contributed by atoms with van der Waals surface area (Å²) in [4.78, 5) is 0. The highest BCUT2D eigenvalue weighted by Gasteiger charge is 2.19. The Morgan fingerprint density at radius 3 is 2.70 bits per heavy atom. The number of rotatable bonds is 6. The van der Waals surface area contributed by atoms with Crippen molar-refractivity contribution in [3.05, 3.63) is 29.8 Å². The molecule has 1 aliphatic heterocycles. The van der Waals surface area contributed by atoms with Crippen molar-refractivity contribution in [3.8, 4) is 5.75 Å². The maximum absolute atomic E-state index is 5.73. The molecule has 20 heavy (non-hydrogen) atoms. The van der Waals surface area contributed by atoms with Crippen LogP contribution in [0.4, 0.5) is 0 Å². The van der Waals surface area contributed by atoms with Gasteiger partial charge in [-0.1, -0.05) is 12.1 Å². The van der Waals surface area contributed by atoms with Crippen molar-refractivity contribution in [1.82, 2.24) is 5.32 Å². The second kappa shape index (κ2) is 7.65.